The number of benzene rings is 3. The Bertz CT molecular complexity index is 1050. The SMILES string of the molecule is COc1ccc(C(=O)Nc2cccc([N+](=O)[O-])c2)cc1COc1ccccc1C. The molecule has 0 atom stereocenters. The van der Waals surface area contributed by atoms with Crippen LogP contribution in [0, 0.1) is 17.0 Å². The van der Waals surface area contributed by atoms with Crippen LogP contribution in [0.1, 0.15) is 21.5 Å². The van der Waals surface area contributed by atoms with Crippen molar-refractivity contribution in [3.05, 3.63) is 93.5 Å². The van der Waals surface area contributed by atoms with Gasteiger partial charge in [-0.2, -0.15) is 0 Å². The average molecular weight is 392 g/mol. The number of ether oxygens (including phenoxy) is 2. The topological polar surface area (TPSA) is 90.7 Å². The molecule has 3 rings (SSSR count). The fraction of sp³-hybridized carbons (Fsp3) is 0.136. The van der Waals surface area contributed by atoms with Crippen molar-refractivity contribution in [1.29, 1.82) is 0 Å². The number of nitrogens with one attached hydrogen (secondary N) is 1. The molecule has 1 amide bonds. The maximum atomic E-state index is 12.6. The number of hydrogen-bond donors (Lipinski definition) is 1. The first kappa shape index (κ1) is 19.9. The monoisotopic (exact) mass is 392 g/mol. The number of nitro benzene ring substituents is 1. The Morgan fingerprint density at radius 3 is 2.55 bits per heavy atom. The van der Waals surface area contributed by atoms with Gasteiger partial charge in [0.25, 0.3) is 11.6 Å². The van der Waals surface area contributed by atoms with Gasteiger partial charge in [0.2, 0.25) is 0 Å². The first-order valence-electron chi connectivity index (χ1n) is 8.89. The number of para-hydroxylation sites is 1. The number of rotatable bonds is 7. The van der Waals surface area contributed by atoms with Crippen LogP contribution in [0.2, 0.25) is 0 Å². The molecule has 0 aliphatic rings. The molecule has 0 spiro atoms. The number of carbonyl (C=O) groups excluding carboxylic acids is 1. The van der Waals surface area contributed by atoms with E-state index < -0.39 is 4.92 Å². The van der Waals surface area contributed by atoms with Gasteiger partial charge in [0, 0.05) is 28.9 Å². The Hall–Kier alpha value is -3.87. The van der Waals surface area contributed by atoms with Gasteiger partial charge in [-0.25, -0.2) is 0 Å². The van der Waals surface area contributed by atoms with Gasteiger partial charge in [-0.05, 0) is 42.8 Å². The summed E-state index contributed by atoms with van der Waals surface area (Å²) in [5.41, 5.74) is 2.36. The molecular weight excluding hydrogens is 372 g/mol. The second-order valence-corrected chi connectivity index (χ2v) is 6.34. The Labute approximate surface area is 168 Å². The number of non-ortho nitro benzene ring substituents is 1. The molecule has 3 aromatic rings. The van der Waals surface area contributed by atoms with Crippen LogP contribution >= 0.6 is 0 Å². The molecule has 0 unspecified atom stereocenters. The molecule has 29 heavy (non-hydrogen) atoms. The van der Waals surface area contributed by atoms with E-state index in [9.17, 15) is 14.9 Å². The van der Waals surface area contributed by atoms with Gasteiger partial charge in [-0.15, -0.1) is 0 Å². The van der Waals surface area contributed by atoms with Gasteiger partial charge in [-0.3, -0.25) is 14.9 Å². The molecule has 0 fully saturated rings. The number of nitrogens with zero attached hydrogens (tertiary/aromatic N) is 1. The molecule has 0 aliphatic carbocycles. The number of hydrogen-bond acceptors (Lipinski definition) is 5. The van der Waals surface area contributed by atoms with Crippen LogP contribution in [0.4, 0.5) is 11.4 Å². The van der Waals surface area contributed by atoms with Crippen LogP contribution in [-0.4, -0.2) is 17.9 Å². The Morgan fingerprint density at radius 2 is 1.83 bits per heavy atom. The minimum Gasteiger partial charge on any atom is -0.496 e. The predicted molar refractivity (Wildman–Crippen MR) is 110 cm³/mol. The first-order chi connectivity index (χ1) is 14.0. The third-order valence-electron chi connectivity index (χ3n) is 4.33. The number of methoxy groups -OCH3 is 1. The van der Waals surface area contributed by atoms with Crippen molar-refractivity contribution in [3.63, 3.8) is 0 Å². The molecule has 3 aromatic carbocycles. The van der Waals surface area contributed by atoms with Gasteiger partial charge < -0.3 is 14.8 Å². The molecule has 1 N–H and O–H groups in total. The highest BCUT2D eigenvalue weighted by atomic mass is 16.6. The van der Waals surface area contributed by atoms with Crippen LogP contribution in [0.15, 0.2) is 66.7 Å². The van der Waals surface area contributed by atoms with Gasteiger partial charge in [0.1, 0.15) is 18.1 Å². The summed E-state index contributed by atoms with van der Waals surface area (Å²) in [6, 6.07) is 18.4. The molecule has 0 radical (unpaired) electrons. The van der Waals surface area contributed by atoms with Crippen molar-refractivity contribution in [2.75, 3.05) is 12.4 Å². The molecule has 7 heteroatoms. The van der Waals surface area contributed by atoms with Crippen molar-refractivity contribution in [1.82, 2.24) is 0 Å². The molecule has 0 heterocycles. The van der Waals surface area contributed by atoms with E-state index in [0.717, 1.165) is 11.3 Å². The minimum atomic E-state index is -0.510. The number of anilines is 1. The van der Waals surface area contributed by atoms with Crippen LogP contribution in [0.5, 0.6) is 11.5 Å². The lowest BCUT2D eigenvalue weighted by Crippen LogP contribution is -2.13. The summed E-state index contributed by atoms with van der Waals surface area (Å²) in [5, 5.41) is 13.6. The summed E-state index contributed by atoms with van der Waals surface area (Å²) in [6.45, 7) is 2.18. The number of carbonyl (C=O) groups is 1. The molecule has 0 aliphatic heterocycles. The van der Waals surface area contributed by atoms with Crippen molar-refractivity contribution in [2.24, 2.45) is 0 Å². The minimum absolute atomic E-state index is 0.0927. The second-order valence-electron chi connectivity index (χ2n) is 6.34. The highest BCUT2D eigenvalue weighted by Crippen LogP contribution is 2.25. The Kier molecular flexibility index (Phi) is 6.09. The maximum absolute atomic E-state index is 12.6. The number of nitro groups is 1. The lowest BCUT2D eigenvalue weighted by molar-refractivity contribution is -0.384. The van der Waals surface area contributed by atoms with E-state index >= 15 is 0 Å². The van der Waals surface area contributed by atoms with E-state index in [-0.39, 0.29) is 18.2 Å². The van der Waals surface area contributed by atoms with Crippen LogP contribution in [-0.2, 0) is 6.61 Å². The lowest BCUT2D eigenvalue weighted by atomic mass is 10.1. The normalized spacial score (nSPS) is 10.3. The van der Waals surface area contributed by atoms with Crippen molar-refractivity contribution in [3.8, 4) is 11.5 Å². The largest absolute Gasteiger partial charge is 0.496 e. The summed E-state index contributed by atoms with van der Waals surface area (Å²) >= 11 is 0. The number of aryl methyl sites for hydroxylation is 1. The van der Waals surface area contributed by atoms with E-state index in [1.807, 2.05) is 31.2 Å². The van der Waals surface area contributed by atoms with Crippen LogP contribution < -0.4 is 14.8 Å². The molecule has 7 nitrogen and oxygen atoms in total. The van der Waals surface area contributed by atoms with Gasteiger partial charge in [0.05, 0.1) is 12.0 Å². The van der Waals surface area contributed by atoms with Crippen LogP contribution in [0.25, 0.3) is 0 Å². The molecule has 0 bridgehead atoms. The second kappa shape index (κ2) is 8.88. The van der Waals surface area contributed by atoms with E-state index in [1.54, 1.807) is 31.4 Å². The zero-order chi connectivity index (χ0) is 20.8. The van der Waals surface area contributed by atoms with E-state index in [0.29, 0.717) is 22.6 Å². The molecule has 0 saturated carbocycles. The standard InChI is InChI=1S/C22H20N2O5/c1-15-6-3-4-9-20(15)29-14-17-12-16(10-11-21(17)28-2)22(25)23-18-7-5-8-19(13-18)24(26)27/h3-13H,14H2,1-2H3,(H,23,25). The maximum Gasteiger partial charge on any atom is 0.271 e. The first-order valence-corrected chi connectivity index (χ1v) is 8.89. The van der Waals surface area contributed by atoms with E-state index in [4.69, 9.17) is 9.47 Å². The smallest absolute Gasteiger partial charge is 0.271 e. The average Bonchev–Trinajstić information content (AvgIpc) is 2.73. The lowest BCUT2D eigenvalue weighted by Gasteiger charge is -2.13. The summed E-state index contributed by atoms with van der Waals surface area (Å²) in [5.74, 6) is 0.969. The Balaban J connectivity index is 1.78. The van der Waals surface area contributed by atoms with Gasteiger partial charge in [-0.1, -0.05) is 24.3 Å². The van der Waals surface area contributed by atoms with E-state index in [1.165, 1.54) is 18.2 Å². The fourth-order valence-electron chi connectivity index (χ4n) is 2.81. The third kappa shape index (κ3) is 4.90. The highest BCUT2D eigenvalue weighted by Gasteiger charge is 2.13. The summed E-state index contributed by atoms with van der Waals surface area (Å²) in [4.78, 5) is 23.0. The third-order valence-corrected chi connectivity index (χ3v) is 4.33. The summed E-state index contributed by atoms with van der Waals surface area (Å²) in [7, 11) is 1.55. The van der Waals surface area contributed by atoms with Crippen molar-refractivity contribution >= 4 is 17.3 Å². The summed E-state index contributed by atoms with van der Waals surface area (Å²) in [6.07, 6.45) is 0. The number of amides is 1. The van der Waals surface area contributed by atoms with Crippen LogP contribution in [0.3, 0.4) is 0 Å². The zero-order valence-electron chi connectivity index (χ0n) is 16.0. The highest BCUT2D eigenvalue weighted by molar-refractivity contribution is 6.04. The fourth-order valence-corrected chi connectivity index (χ4v) is 2.81. The van der Waals surface area contributed by atoms with Crippen molar-refractivity contribution in [2.45, 2.75) is 13.5 Å². The van der Waals surface area contributed by atoms with E-state index in [2.05, 4.69) is 5.32 Å². The quantitative estimate of drug-likeness (QED) is 0.463. The molecule has 0 saturated heterocycles. The molecular formula is C22H20N2O5. The Morgan fingerprint density at radius 1 is 1.03 bits per heavy atom. The summed E-state index contributed by atoms with van der Waals surface area (Å²) < 4.78 is 11.2. The zero-order valence-corrected chi connectivity index (χ0v) is 16.0. The predicted octanol–water partition coefficient (Wildman–Crippen LogP) is 4.74. The van der Waals surface area contributed by atoms with Crippen molar-refractivity contribution < 1.29 is 19.2 Å². The molecule has 148 valence electrons. The van der Waals surface area contributed by atoms with Gasteiger partial charge >= 0.3 is 0 Å². The molecule has 0 aromatic heterocycles. The van der Waals surface area contributed by atoms with Gasteiger partial charge in [0.15, 0.2) is 0 Å².